The zero-order valence-electron chi connectivity index (χ0n) is 6.87. The summed E-state index contributed by atoms with van der Waals surface area (Å²) in [7, 11) is 1.15. The van der Waals surface area contributed by atoms with E-state index in [0.717, 1.165) is 7.11 Å². The van der Waals surface area contributed by atoms with Gasteiger partial charge in [-0.3, -0.25) is 4.79 Å². The fourth-order valence-corrected chi connectivity index (χ4v) is 0.574. The summed E-state index contributed by atoms with van der Waals surface area (Å²) in [5.74, 6) is -1.62. The van der Waals surface area contributed by atoms with E-state index in [2.05, 4.69) is 17.9 Å². The van der Waals surface area contributed by atoms with Gasteiger partial charge in [0.1, 0.15) is 0 Å². The third-order valence-corrected chi connectivity index (χ3v) is 1.15. The number of Topliss-reactive ketones (excluding diaryl/α,β-unsaturated/α-hetero) is 1. The number of hydrogen-bond acceptors (Lipinski definition) is 3. The molecular formula is C9H10O3. The predicted octanol–water partition coefficient (Wildman–Crippen LogP) is 1.03. The molecule has 0 fully saturated rings. The van der Waals surface area contributed by atoms with Crippen LogP contribution in [0, 0.1) is 0 Å². The minimum absolute atomic E-state index is 0.178. The van der Waals surface area contributed by atoms with Crippen LogP contribution in [0.15, 0.2) is 37.0 Å². The van der Waals surface area contributed by atoms with E-state index in [1.54, 1.807) is 0 Å². The summed E-state index contributed by atoms with van der Waals surface area (Å²) in [5.41, 5.74) is 0.178. The molecule has 0 aromatic rings. The van der Waals surface area contributed by atoms with Gasteiger partial charge in [0.15, 0.2) is 0 Å². The molecule has 0 N–H and O–H groups in total. The van der Waals surface area contributed by atoms with Gasteiger partial charge in [-0.15, -0.1) is 0 Å². The third-order valence-electron chi connectivity index (χ3n) is 1.15. The molecule has 0 heterocycles. The summed E-state index contributed by atoms with van der Waals surface area (Å²) >= 11 is 0. The molecule has 0 spiro atoms. The topological polar surface area (TPSA) is 43.4 Å². The van der Waals surface area contributed by atoms with Crippen molar-refractivity contribution in [1.82, 2.24) is 0 Å². The highest BCUT2D eigenvalue weighted by Gasteiger charge is 2.15. The molecule has 0 radical (unpaired) electrons. The highest BCUT2D eigenvalue weighted by Crippen LogP contribution is 1.99. The molecule has 0 aliphatic rings. The zero-order valence-corrected chi connectivity index (χ0v) is 6.87. The SMILES string of the molecule is C=C/C=C(\C=C)C(=O)C(=O)OC. The number of hydrogen-bond donors (Lipinski definition) is 0. The number of carbonyl (C=O) groups excluding carboxylic acids is 2. The largest absolute Gasteiger partial charge is 0.463 e. The number of ether oxygens (including phenoxy) is 1. The molecule has 3 nitrogen and oxygen atoms in total. The fourth-order valence-electron chi connectivity index (χ4n) is 0.574. The normalized spacial score (nSPS) is 10.2. The van der Waals surface area contributed by atoms with Crippen molar-refractivity contribution in [2.45, 2.75) is 0 Å². The Bertz CT molecular complexity index is 248. The first-order valence-electron chi connectivity index (χ1n) is 3.25. The van der Waals surface area contributed by atoms with Gasteiger partial charge in [0.2, 0.25) is 0 Å². The smallest absolute Gasteiger partial charge is 0.379 e. The van der Waals surface area contributed by atoms with E-state index in [4.69, 9.17) is 0 Å². The number of esters is 1. The van der Waals surface area contributed by atoms with Crippen LogP contribution in [0.25, 0.3) is 0 Å². The molecule has 12 heavy (non-hydrogen) atoms. The molecular weight excluding hydrogens is 156 g/mol. The molecule has 0 saturated carbocycles. The Morgan fingerprint density at radius 2 is 1.92 bits per heavy atom. The highest BCUT2D eigenvalue weighted by atomic mass is 16.5. The molecule has 0 aliphatic heterocycles. The summed E-state index contributed by atoms with van der Waals surface area (Å²) in [5, 5.41) is 0. The van der Waals surface area contributed by atoms with Crippen LogP contribution in [0.1, 0.15) is 0 Å². The average molecular weight is 166 g/mol. The number of carbonyl (C=O) groups is 2. The predicted molar refractivity (Wildman–Crippen MR) is 45.5 cm³/mol. The summed E-state index contributed by atoms with van der Waals surface area (Å²) in [6.45, 7) is 6.76. The van der Waals surface area contributed by atoms with Gasteiger partial charge in [-0.05, 0) is 0 Å². The van der Waals surface area contributed by atoms with Gasteiger partial charge in [-0.25, -0.2) is 4.79 Å². The van der Waals surface area contributed by atoms with Gasteiger partial charge in [-0.2, -0.15) is 0 Å². The highest BCUT2D eigenvalue weighted by molar-refractivity contribution is 6.41. The summed E-state index contributed by atoms with van der Waals surface area (Å²) in [4.78, 5) is 21.7. The van der Waals surface area contributed by atoms with Gasteiger partial charge in [0.25, 0.3) is 5.78 Å². The van der Waals surface area contributed by atoms with E-state index < -0.39 is 11.8 Å². The maximum absolute atomic E-state index is 11.0. The lowest BCUT2D eigenvalue weighted by Gasteiger charge is -1.96. The Labute approximate surface area is 71.0 Å². The van der Waals surface area contributed by atoms with Crippen LogP contribution in [0.2, 0.25) is 0 Å². The molecule has 0 aromatic carbocycles. The van der Waals surface area contributed by atoms with Gasteiger partial charge in [0.05, 0.1) is 7.11 Å². The van der Waals surface area contributed by atoms with Crippen LogP contribution in [-0.2, 0) is 14.3 Å². The summed E-state index contributed by atoms with van der Waals surface area (Å²) in [6, 6.07) is 0. The van der Waals surface area contributed by atoms with Crippen LogP contribution in [0.3, 0.4) is 0 Å². The minimum Gasteiger partial charge on any atom is -0.463 e. The van der Waals surface area contributed by atoms with E-state index in [1.165, 1.54) is 18.2 Å². The number of allylic oxidation sites excluding steroid dienone is 3. The number of rotatable bonds is 4. The Balaban J connectivity index is 4.64. The molecule has 0 rings (SSSR count). The Kier molecular flexibility index (Phi) is 4.38. The second-order valence-electron chi connectivity index (χ2n) is 1.88. The Morgan fingerprint density at radius 3 is 2.25 bits per heavy atom. The van der Waals surface area contributed by atoms with E-state index in [0.29, 0.717) is 0 Å². The molecule has 0 atom stereocenters. The lowest BCUT2D eigenvalue weighted by molar-refractivity contribution is -0.149. The van der Waals surface area contributed by atoms with Gasteiger partial charge >= 0.3 is 5.97 Å². The van der Waals surface area contributed by atoms with Gasteiger partial charge in [0, 0.05) is 5.57 Å². The lowest BCUT2D eigenvalue weighted by Crippen LogP contribution is -2.16. The molecule has 0 unspecified atom stereocenters. The summed E-state index contributed by atoms with van der Waals surface area (Å²) < 4.78 is 4.23. The Hall–Kier alpha value is -1.64. The number of ketones is 1. The third kappa shape index (κ3) is 2.54. The van der Waals surface area contributed by atoms with Crippen molar-refractivity contribution in [3.8, 4) is 0 Å². The zero-order chi connectivity index (χ0) is 9.56. The van der Waals surface area contributed by atoms with Crippen molar-refractivity contribution in [1.29, 1.82) is 0 Å². The van der Waals surface area contributed by atoms with E-state index >= 15 is 0 Å². The Morgan fingerprint density at radius 1 is 1.33 bits per heavy atom. The maximum Gasteiger partial charge on any atom is 0.379 e. The lowest BCUT2D eigenvalue weighted by atomic mass is 10.1. The average Bonchev–Trinajstić information content (AvgIpc) is 2.11. The van der Waals surface area contributed by atoms with E-state index in [9.17, 15) is 9.59 Å². The van der Waals surface area contributed by atoms with Gasteiger partial charge < -0.3 is 4.74 Å². The second kappa shape index (κ2) is 5.07. The molecule has 0 aromatic heterocycles. The second-order valence-corrected chi connectivity index (χ2v) is 1.88. The van der Waals surface area contributed by atoms with Gasteiger partial charge in [-0.1, -0.05) is 31.4 Å². The van der Waals surface area contributed by atoms with Crippen molar-refractivity contribution in [3.63, 3.8) is 0 Å². The standard InChI is InChI=1S/C9H10O3/c1-4-6-7(5-2)8(10)9(11)12-3/h4-6H,1-2H2,3H3/b7-6+. The first-order chi connectivity index (χ1) is 5.67. The maximum atomic E-state index is 11.0. The quantitative estimate of drug-likeness (QED) is 0.271. The monoisotopic (exact) mass is 166 g/mol. The first-order valence-corrected chi connectivity index (χ1v) is 3.25. The van der Waals surface area contributed by atoms with Crippen molar-refractivity contribution in [3.05, 3.63) is 37.0 Å². The van der Waals surface area contributed by atoms with Crippen molar-refractivity contribution < 1.29 is 14.3 Å². The first kappa shape index (κ1) is 10.4. The molecule has 0 bridgehead atoms. The van der Waals surface area contributed by atoms with Crippen molar-refractivity contribution in [2.75, 3.05) is 7.11 Å². The molecule has 3 heteroatoms. The molecule has 0 aliphatic carbocycles. The molecule has 64 valence electrons. The van der Waals surface area contributed by atoms with E-state index in [1.807, 2.05) is 0 Å². The van der Waals surface area contributed by atoms with Crippen molar-refractivity contribution >= 4 is 11.8 Å². The fraction of sp³-hybridized carbons (Fsp3) is 0.111. The van der Waals surface area contributed by atoms with Crippen LogP contribution >= 0.6 is 0 Å². The molecule has 0 saturated heterocycles. The van der Waals surface area contributed by atoms with Crippen LogP contribution in [0.5, 0.6) is 0 Å². The molecule has 0 amide bonds. The minimum atomic E-state index is -0.900. The van der Waals surface area contributed by atoms with Crippen LogP contribution in [0.4, 0.5) is 0 Å². The van der Waals surface area contributed by atoms with E-state index in [-0.39, 0.29) is 5.57 Å². The van der Waals surface area contributed by atoms with Crippen molar-refractivity contribution in [2.24, 2.45) is 0 Å². The van der Waals surface area contributed by atoms with Crippen LogP contribution < -0.4 is 0 Å². The summed E-state index contributed by atoms with van der Waals surface area (Å²) in [6.07, 6.45) is 4.07. The van der Waals surface area contributed by atoms with Crippen LogP contribution in [-0.4, -0.2) is 18.9 Å². The number of methoxy groups -OCH3 is 1.